The first-order valence-electron chi connectivity index (χ1n) is 9.10. The molecule has 1 fully saturated rings. The molecule has 0 spiro atoms. The molecule has 0 aliphatic carbocycles. The summed E-state index contributed by atoms with van der Waals surface area (Å²) in [7, 11) is 1.41. The van der Waals surface area contributed by atoms with E-state index in [1.807, 2.05) is 17.5 Å². The van der Waals surface area contributed by atoms with Crippen molar-refractivity contribution >= 4 is 28.8 Å². The second-order valence-corrected chi connectivity index (χ2v) is 7.68. The molecule has 1 aliphatic rings. The standard InChI is InChI=1S/C22H18N2O5S/c1-29-16-8-2-7-15(20(16)26)18-17(19(25)13-5-3-9-23-11-13)21(27)22(28)24(18)12-14-6-4-10-30-14/h2-11,18,25-26H,12H2,1H3/b19-17+. The number of pyridine rings is 1. The summed E-state index contributed by atoms with van der Waals surface area (Å²) in [5, 5.41) is 23.6. The molecule has 1 aliphatic heterocycles. The second-order valence-electron chi connectivity index (χ2n) is 6.65. The number of hydrogen-bond donors (Lipinski definition) is 2. The van der Waals surface area contributed by atoms with Gasteiger partial charge in [0, 0.05) is 28.4 Å². The van der Waals surface area contributed by atoms with Gasteiger partial charge in [-0.05, 0) is 29.6 Å². The number of likely N-dealkylation sites (tertiary alicyclic amines) is 1. The Hall–Kier alpha value is -3.65. The van der Waals surface area contributed by atoms with Crippen molar-refractivity contribution in [3.8, 4) is 11.5 Å². The fourth-order valence-electron chi connectivity index (χ4n) is 3.52. The minimum atomic E-state index is -0.984. The molecule has 1 saturated heterocycles. The molecular formula is C22H18N2O5S. The predicted molar refractivity (Wildman–Crippen MR) is 111 cm³/mol. The van der Waals surface area contributed by atoms with E-state index in [4.69, 9.17) is 4.74 Å². The predicted octanol–water partition coefficient (Wildman–Crippen LogP) is 3.48. The van der Waals surface area contributed by atoms with Gasteiger partial charge in [0.15, 0.2) is 11.5 Å². The number of methoxy groups -OCH3 is 1. The highest BCUT2D eigenvalue weighted by Crippen LogP contribution is 2.45. The molecule has 1 aromatic carbocycles. The van der Waals surface area contributed by atoms with E-state index in [1.165, 1.54) is 35.7 Å². The van der Waals surface area contributed by atoms with Crippen molar-refractivity contribution in [3.05, 3.63) is 81.8 Å². The average Bonchev–Trinajstić information content (AvgIpc) is 3.37. The summed E-state index contributed by atoms with van der Waals surface area (Å²) in [6.45, 7) is 0.160. The third-order valence-corrected chi connectivity index (χ3v) is 5.79. The molecule has 3 heterocycles. The van der Waals surface area contributed by atoms with Crippen LogP contribution in [0.3, 0.4) is 0 Å². The summed E-state index contributed by atoms with van der Waals surface area (Å²) < 4.78 is 5.20. The number of aromatic nitrogens is 1. The fraction of sp³-hybridized carbons (Fsp3) is 0.136. The minimum Gasteiger partial charge on any atom is -0.507 e. The van der Waals surface area contributed by atoms with Crippen LogP contribution in [-0.2, 0) is 16.1 Å². The first-order valence-corrected chi connectivity index (χ1v) is 9.98. The molecule has 4 rings (SSSR count). The Kier molecular flexibility index (Phi) is 5.24. The monoisotopic (exact) mass is 422 g/mol. The van der Waals surface area contributed by atoms with Gasteiger partial charge in [-0.25, -0.2) is 0 Å². The highest BCUT2D eigenvalue weighted by molar-refractivity contribution is 7.09. The summed E-state index contributed by atoms with van der Waals surface area (Å²) in [4.78, 5) is 32.1. The summed E-state index contributed by atoms with van der Waals surface area (Å²) >= 11 is 1.45. The average molecular weight is 422 g/mol. The zero-order valence-corrected chi connectivity index (χ0v) is 16.8. The van der Waals surface area contributed by atoms with Crippen molar-refractivity contribution in [2.45, 2.75) is 12.6 Å². The number of amides is 1. The third-order valence-electron chi connectivity index (χ3n) is 4.93. The normalized spacial score (nSPS) is 18.0. The number of carbonyl (C=O) groups excluding carboxylic acids is 2. The number of ether oxygens (including phenoxy) is 1. The molecule has 1 amide bonds. The van der Waals surface area contributed by atoms with Crippen LogP contribution in [0.2, 0.25) is 0 Å². The number of ketones is 1. The Bertz CT molecular complexity index is 1130. The Labute approximate surface area is 176 Å². The van der Waals surface area contributed by atoms with Gasteiger partial charge < -0.3 is 19.8 Å². The fourth-order valence-corrected chi connectivity index (χ4v) is 4.22. The van der Waals surface area contributed by atoms with Gasteiger partial charge in [-0.3, -0.25) is 14.6 Å². The first-order chi connectivity index (χ1) is 14.5. The van der Waals surface area contributed by atoms with E-state index in [0.29, 0.717) is 5.56 Å². The SMILES string of the molecule is COc1cccc(C2/C(=C(\O)c3cccnc3)C(=O)C(=O)N2Cc2cccs2)c1O. The van der Waals surface area contributed by atoms with Crippen LogP contribution in [0.4, 0.5) is 0 Å². The van der Waals surface area contributed by atoms with Gasteiger partial charge in [-0.2, -0.15) is 0 Å². The molecule has 8 heteroatoms. The Morgan fingerprint density at radius 3 is 2.70 bits per heavy atom. The van der Waals surface area contributed by atoms with Crippen LogP contribution in [-0.4, -0.2) is 38.9 Å². The van der Waals surface area contributed by atoms with Gasteiger partial charge in [-0.1, -0.05) is 18.2 Å². The number of aromatic hydroxyl groups is 1. The summed E-state index contributed by atoms with van der Waals surface area (Å²) in [6, 6.07) is 10.8. The van der Waals surface area contributed by atoms with Gasteiger partial charge in [0.25, 0.3) is 11.7 Å². The van der Waals surface area contributed by atoms with E-state index in [1.54, 1.807) is 30.3 Å². The number of para-hydroxylation sites is 1. The van der Waals surface area contributed by atoms with Gasteiger partial charge in [0.1, 0.15) is 5.76 Å². The van der Waals surface area contributed by atoms with Gasteiger partial charge >= 0.3 is 0 Å². The third kappa shape index (κ3) is 3.31. The van der Waals surface area contributed by atoms with Gasteiger partial charge in [0.05, 0.1) is 25.3 Å². The van der Waals surface area contributed by atoms with Crippen LogP contribution in [0, 0.1) is 0 Å². The van der Waals surface area contributed by atoms with E-state index in [0.717, 1.165) is 4.88 Å². The van der Waals surface area contributed by atoms with Crippen molar-refractivity contribution in [2.75, 3.05) is 7.11 Å². The number of phenolic OH excluding ortho intramolecular Hbond substituents is 1. The summed E-state index contributed by atoms with van der Waals surface area (Å²) in [5.74, 6) is -1.90. The topological polar surface area (TPSA) is 100.0 Å². The zero-order chi connectivity index (χ0) is 21.3. The van der Waals surface area contributed by atoms with Crippen molar-refractivity contribution in [1.82, 2.24) is 9.88 Å². The molecule has 2 N–H and O–H groups in total. The van der Waals surface area contributed by atoms with E-state index >= 15 is 0 Å². The number of nitrogens with zero attached hydrogens (tertiary/aromatic N) is 2. The Balaban J connectivity index is 1.92. The maximum atomic E-state index is 13.0. The lowest BCUT2D eigenvalue weighted by Gasteiger charge is -2.26. The number of Topliss-reactive ketones (excluding diaryl/α,β-unsaturated/α-hetero) is 1. The first kappa shape index (κ1) is 19.7. The largest absolute Gasteiger partial charge is 0.507 e. The van der Waals surface area contributed by atoms with Crippen molar-refractivity contribution in [1.29, 1.82) is 0 Å². The molecule has 152 valence electrons. The number of hydrogen-bond acceptors (Lipinski definition) is 7. The van der Waals surface area contributed by atoms with E-state index in [2.05, 4.69) is 4.98 Å². The smallest absolute Gasteiger partial charge is 0.295 e. The second kappa shape index (κ2) is 8.00. The molecule has 3 aromatic rings. The van der Waals surface area contributed by atoms with Crippen LogP contribution >= 0.6 is 11.3 Å². The molecule has 30 heavy (non-hydrogen) atoms. The highest BCUT2D eigenvalue weighted by Gasteiger charge is 2.47. The lowest BCUT2D eigenvalue weighted by Crippen LogP contribution is -2.28. The number of benzene rings is 1. The van der Waals surface area contributed by atoms with Gasteiger partial charge in [-0.15, -0.1) is 11.3 Å². The van der Waals surface area contributed by atoms with Crippen LogP contribution < -0.4 is 4.74 Å². The zero-order valence-electron chi connectivity index (χ0n) is 16.0. The van der Waals surface area contributed by atoms with E-state index in [-0.39, 0.29) is 34.9 Å². The summed E-state index contributed by atoms with van der Waals surface area (Å²) in [6.07, 6.45) is 2.95. The van der Waals surface area contributed by atoms with Crippen molar-refractivity contribution < 1.29 is 24.5 Å². The van der Waals surface area contributed by atoms with Crippen molar-refractivity contribution in [3.63, 3.8) is 0 Å². The van der Waals surface area contributed by atoms with E-state index in [9.17, 15) is 19.8 Å². The van der Waals surface area contributed by atoms with Crippen LogP contribution in [0.25, 0.3) is 5.76 Å². The maximum absolute atomic E-state index is 13.0. The van der Waals surface area contributed by atoms with Gasteiger partial charge in [0.2, 0.25) is 0 Å². The number of thiophene rings is 1. The lowest BCUT2D eigenvalue weighted by molar-refractivity contribution is -0.140. The number of rotatable bonds is 5. The molecule has 2 aromatic heterocycles. The number of phenols is 1. The minimum absolute atomic E-state index is 0.104. The molecule has 0 saturated carbocycles. The Morgan fingerprint density at radius 2 is 2.03 bits per heavy atom. The van der Waals surface area contributed by atoms with E-state index < -0.39 is 17.7 Å². The maximum Gasteiger partial charge on any atom is 0.295 e. The molecule has 1 unspecified atom stereocenters. The highest BCUT2D eigenvalue weighted by atomic mass is 32.1. The van der Waals surface area contributed by atoms with Crippen LogP contribution in [0.15, 0.2) is 65.8 Å². The van der Waals surface area contributed by atoms with Crippen LogP contribution in [0.1, 0.15) is 22.0 Å². The Morgan fingerprint density at radius 1 is 1.20 bits per heavy atom. The van der Waals surface area contributed by atoms with Crippen molar-refractivity contribution in [2.24, 2.45) is 0 Å². The summed E-state index contributed by atoms with van der Waals surface area (Å²) in [5.41, 5.74) is 0.489. The molecule has 0 radical (unpaired) electrons. The number of aliphatic hydroxyl groups is 1. The molecular weight excluding hydrogens is 404 g/mol. The van der Waals surface area contributed by atoms with Crippen LogP contribution in [0.5, 0.6) is 11.5 Å². The lowest BCUT2D eigenvalue weighted by atomic mass is 9.94. The number of aliphatic hydroxyl groups excluding tert-OH is 1. The molecule has 1 atom stereocenters. The molecule has 7 nitrogen and oxygen atoms in total. The number of carbonyl (C=O) groups is 2. The molecule has 0 bridgehead atoms. The quantitative estimate of drug-likeness (QED) is 0.371.